The molecule has 0 spiro atoms. The number of hydrogen-bond donors (Lipinski definition) is 2. The summed E-state index contributed by atoms with van der Waals surface area (Å²) < 4.78 is 16.8. The number of phenols is 1. The van der Waals surface area contributed by atoms with Crippen LogP contribution < -0.4 is 15.0 Å². The molecule has 1 heterocycles. The number of phenolic OH excluding ortho intramolecular Hbond substituents is 1. The largest absolute Gasteiger partial charge is 0.507 e. The van der Waals surface area contributed by atoms with Crippen LogP contribution in [0.2, 0.25) is 0 Å². The Balaban J connectivity index is 1.23. The summed E-state index contributed by atoms with van der Waals surface area (Å²) in [5, 5.41) is 13.2. The fourth-order valence-electron chi connectivity index (χ4n) is 4.08. The zero-order valence-corrected chi connectivity index (χ0v) is 17.9. The third kappa shape index (κ3) is 4.48. The first-order valence-electron chi connectivity index (χ1n) is 10.9. The Bertz CT molecular complexity index is 1350. The van der Waals surface area contributed by atoms with Crippen molar-refractivity contribution in [3.8, 4) is 17.2 Å². The van der Waals surface area contributed by atoms with Crippen LogP contribution in [0.5, 0.6) is 17.2 Å². The standard InChI is InChI=1S/C26H23NO6/c28-23-14-20(32-19-3-1-2-4-19)10-12-21(23)25(29)17-6-8-18(9-7-17)31-15-16-5-11-22-24(13-16)33-27-26(22)30/h5-14,19,28H,1-4,15H2,(H,27,30). The summed E-state index contributed by atoms with van der Waals surface area (Å²) in [5.41, 5.74) is 1.72. The van der Waals surface area contributed by atoms with Crippen LogP contribution in [0.3, 0.4) is 0 Å². The summed E-state index contributed by atoms with van der Waals surface area (Å²) >= 11 is 0. The highest BCUT2D eigenvalue weighted by atomic mass is 16.5. The normalized spacial score (nSPS) is 13.9. The molecule has 0 atom stereocenters. The number of ketones is 1. The van der Waals surface area contributed by atoms with Crippen molar-refractivity contribution in [2.24, 2.45) is 0 Å². The molecule has 1 aromatic heterocycles. The topological polar surface area (TPSA) is 102 Å². The van der Waals surface area contributed by atoms with E-state index in [4.69, 9.17) is 14.0 Å². The van der Waals surface area contributed by atoms with E-state index in [0.29, 0.717) is 28.0 Å². The average Bonchev–Trinajstić information content (AvgIpc) is 3.47. The number of nitrogens with one attached hydrogen (secondary N) is 1. The molecule has 5 rings (SSSR count). The molecule has 0 bridgehead atoms. The van der Waals surface area contributed by atoms with Gasteiger partial charge in [0.25, 0.3) is 5.56 Å². The van der Waals surface area contributed by atoms with Crippen LogP contribution in [0, 0.1) is 0 Å². The molecule has 4 aromatic rings. The van der Waals surface area contributed by atoms with Gasteiger partial charge in [0.05, 0.1) is 17.1 Å². The summed E-state index contributed by atoms with van der Waals surface area (Å²) in [7, 11) is 0. The van der Waals surface area contributed by atoms with Crippen LogP contribution in [0.15, 0.2) is 70.0 Å². The molecule has 0 radical (unpaired) electrons. The Morgan fingerprint density at radius 1 is 1.00 bits per heavy atom. The maximum Gasteiger partial charge on any atom is 0.287 e. The Hall–Kier alpha value is -4.00. The quantitative estimate of drug-likeness (QED) is 0.390. The molecular weight excluding hydrogens is 422 g/mol. The van der Waals surface area contributed by atoms with E-state index in [0.717, 1.165) is 31.2 Å². The van der Waals surface area contributed by atoms with Crippen molar-refractivity contribution in [2.45, 2.75) is 38.4 Å². The van der Waals surface area contributed by atoms with Gasteiger partial charge >= 0.3 is 0 Å². The number of hydrogen-bond acceptors (Lipinski definition) is 6. The lowest BCUT2D eigenvalue weighted by Gasteiger charge is -2.14. The van der Waals surface area contributed by atoms with Crippen LogP contribution in [-0.2, 0) is 6.61 Å². The SMILES string of the molecule is O=C(c1ccc(OCc2ccc3c(=O)[nH]oc3c2)cc1)c1ccc(OC2CCCC2)cc1O. The lowest BCUT2D eigenvalue weighted by molar-refractivity contribution is 0.103. The van der Waals surface area contributed by atoms with Gasteiger partial charge in [-0.2, -0.15) is 5.16 Å². The predicted molar refractivity (Wildman–Crippen MR) is 122 cm³/mol. The van der Waals surface area contributed by atoms with Crippen LogP contribution in [-0.4, -0.2) is 22.2 Å². The van der Waals surface area contributed by atoms with E-state index >= 15 is 0 Å². The Labute approximate surface area is 189 Å². The fraction of sp³-hybridized carbons (Fsp3) is 0.231. The molecule has 0 aliphatic heterocycles. The van der Waals surface area contributed by atoms with Crippen LogP contribution >= 0.6 is 0 Å². The highest BCUT2D eigenvalue weighted by molar-refractivity contribution is 6.10. The molecule has 33 heavy (non-hydrogen) atoms. The van der Waals surface area contributed by atoms with E-state index in [1.54, 1.807) is 54.6 Å². The number of benzene rings is 3. The maximum absolute atomic E-state index is 12.9. The number of aromatic hydroxyl groups is 1. The molecule has 7 heteroatoms. The van der Waals surface area contributed by atoms with Crippen molar-refractivity contribution in [1.82, 2.24) is 5.16 Å². The second kappa shape index (κ2) is 8.86. The van der Waals surface area contributed by atoms with E-state index in [-0.39, 0.29) is 35.4 Å². The first-order chi connectivity index (χ1) is 16.1. The number of fused-ring (bicyclic) bond motifs is 1. The van der Waals surface area contributed by atoms with Crippen molar-refractivity contribution in [2.75, 3.05) is 0 Å². The lowest BCUT2D eigenvalue weighted by Crippen LogP contribution is -2.11. The van der Waals surface area contributed by atoms with Crippen molar-refractivity contribution in [1.29, 1.82) is 0 Å². The zero-order chi connectivity index (χ0) is 22.8. The van der Waals surface area contributed by atoms with E-state index in [1.165, 1.54) is 6.07 Å². The molecule has 2 N–H and O–H groups in total. The maximum atomic E-state index is 12.9. The summed E-state index contributed by atoms with van der Waals surface area (Å²) in [4.78, 5) is 24.4. The zero-order valence-electron chi connectivity index (χ0n) is 17.9. The molecule has 1 saturated carbocycles. The number of H-pyrrole nitrogens is 1. The summed E-state index contributed by atoms with van der Waals surface area (Å²) in [6.07, 6.45) is 4.54. The van der Waals surface area contributed by atoms with Gasteiger partial charge in [-0.25, -0.2) is 0 Å². The molecule has 0 unspecified atom stereocenters. The molecule has 1 fully saturated rings. The van der Waals surface area contributed by atoms with Gasteiger partial charge < -0.3 is 19.1 Å². The average molecular weight is 445 g/mol. The van der Waals surface area contributed by atoms with Gasteiger partial charge in [-0.1, -0.05) is 6.07 Å². The van der Waals surface area contributed by atoms with Crippen molar-refractivity contribution >= 4 is 16.8 Å². The molecule has 7 nitrogen and oxygen atoms in total. The van der Waals surface area contributed by atoms with Crippen LogP contribution in [0.25, 0.3) is 11.0 Å². The minimum atomic E-state index is -0.278. The first kappa shape index (κ1) is 20.9. The van der Waals surface area contributed by atoms with Crippen LogP contribution in [0.4, 0.5) is 0 Å². The number of carbonyl (C=O) groups is 1. The molecular formula is C26H23NO6. The third-order valence-electron chi connectivity index (χ3n) is 5.89. The molecule has 1 aliphatic carbocycles. The first-order valence-corrected chi connectivity index (χ1v) is 10.9. The number of carbonyl (C=O) groups excluding carboxylic acids is 1. The van der Waals surface area contributed by atoms with E-state index in [2.05, 4.69) is 5.16 Å². The molecule has 1 aliphatic rings. The second-order valence-electron chi connectivity index (χ2n) is 8.21. The van der Waals surface area contributed by atoms with E-state index in [1.807, 2.05) is 0 Å². The van der Waals surface area contributed by atoms with Gasteiger partial charge in [-0.3, -0.25) is 9.59 Å². The number of aromatic nitrogens is 1. The van der Waals surface area contributed by atoms with E-state index < -0.39 is 0 Å². The number of rotatable bonds is 7. The van der Waals surface area contributed by atoms with Gasteiger partial charge in [-0.15, -0.1) is 0 Å². The minimum Gasteiger partial charge on any atom is -0.507 e. The second-order valence-corrected chi connectivity index (χ2v) is 8.21. The Morgan fingerprint density at radius 3 is 2.52 bits per heavy atom. The summed E-state index contributed by atoms with van der Waals surface area (Å²) in [6, 6.07) is 16.8. The molecule has 0 amide bonds. The molecule has 3 aromatic carbocycles. The minimum absolute atomic E-state index is 0.0948. The van der Waals surface area contributed by atoms with Crippen molar-refractivity contribution in [3.05, 3.63) is 87.7 Å². The smallest absolute Gasteiger partial charge is 0.287 e. The van der Waals surface area contributed by atoms with Crippen molar-refractivity contribution in [3.63, 3.8) is 0 Å². The summed E-state index contributed by atoms with van der Waals surface area (Å²) in [6.45, 7) is 0.279. The third-order valence-corrected chi connectivity index (χ3v) is 5.89. The van der Waals surface area contributed by atoms with Gasteiger partial charge in [0.1, 0.15) is 23.9 Å². The lowest BCUT2D eigenvalue weighted by atomic mass is 10.0. The predicted octanol–water partition coefficient (Wildman–Crippen LogP) is 4.96. The van der Waals surface area contributed by atoms with Gasteiger partial charge in [-0.05, 0) is 79.8 Å². The number of aromatic amines is 1. The highest BCUT2D eigenvalue weighted by Crippen LogP contribution is 2.30. The fourth-order valence-corrected chi connectivity index (χ4v) is 4.08. The van der Waals surface area contributed by atoms with Gasteiger partial charge in [0.15, 0.2) is 11.4 Å². The number of ether oxygens (including phenoxy) is 2. The van der Waals surface area contributed by atoms with Crippen molar-refractivity contribution < 1.29 is 23.9 Å². The Morgan fingerprint density at radius 2 is 1.76 bits per heavy atom. The van der Waals surface area contributed by atoms with E-state index in [9.17, 15) is 14.7 Å². The Kier molecular flexibility index (Phi) is 5.60. The molecule has 168 valence electrons. The highest BCUT2D eigenvalue weighted by Gasteiger charge is 2.19. The van der Waals surface area contributed by atoms with Crippen LogP contribution in [0.1, 0.15) is 47.2 Å². The molecule has 0 saturated heterocycles. The monoisotopic (exact) mass is 445 g/mol. The summed E-state index contributed by atoms with van der Waals surface area (Å²) in [5.74, 6) is 0.797. The van der Waals surface area contributed by atoms with Gasteiger partial charge in [0, 0.05) is 11.6 Å². The van der Waals surface area contributed by atoms with Gasteiger partial charge in [0.2, 0.25) is 0 Å².